The van der Waals surface area contributed by atoms with Crippen LogP contribution in [0.2, 0.25) is 0 Å². The number of benzene rings is 2. The highest BCUT2D eigenvalue weighted by Gasteiger charge is 2.15. The van der Waals surface area contributed by atoms with E-state index in [2.05, 4.69) is 48.1 Å². The maximum Gasteiger partial charge on any atom is 0.231 e. The van der Waals surface area contributed by atoms with Crippen LogP contribution in [0.1, 0.15) is 23.7 Å². The molecule has 0 aliphatic carbocycles. The van der Waals surface area contributed by atoms with Crippen LogP contribution in [0.5, 0.6) is 23.1 Å². The quantitative estimate of drug-likeness (QED) is 0.435. The summed E-state index contributed by atoms with van der Waals surface area (Å²) < 4.78 is 16.7. The molecule has 0 saturated heterocycles. The van der Waals surface area contributed by atoms with Crippen molar-refractivity contribution in [3.8, 4) is 23.1 Å². The third kappa shape index (κ3) is 4.34. The lowest BCUT2D eigenvalue weighted by molar-refractivity contribution is 0.174. The van der Waals surface area contributed by atoms with Gasteiger partial charge in [-0.3, -0.25) is 0 Å². The molecule has 0 fully saturated rings. The highest BCUT2D eigenvalue weighted by Crippen LogP contribution is 2.36. The molecule has 4 rings (SSSR count). The van der Waals surface area contributed by atoms with Gasteiger partial charge >= 0.3 is 0 Å². The molecule has 1 aliphatic rings. The molecule has 27 heavy (non-hydrogen) atoms. The molecule has 138 valence electrons. The number of aryl methyl sites for hydroxylation is 2. The van der Waals surface area contributed by atoms with Crippen molar-refractivity contribution in [1.29, 1.82) is 0 Å². The summed E-state index contributed by atoms with van der Waals surface area (Å²) in [5.41, 5.74) is 3.46. The Kier molecular flexibility index (Phi) is 5.16. The van der Waals surface area contributed by atoms with E-state index < -0.39 is 0 Å². The highest BCUT2D eigenvalue weighted by atomic mass is 32.2. The van der Waals surface area contributed by atoms with Crippen molar-refractivity contribution in [2.75, 3.05) is 6.79 Å². The fraction of sp³-hybridized carbons (Fsp3) is 0.238. The smallest absolute Gasteiger partial charge is 0.231 e. The van der Waals surface area contributed by atoms with E-state index in [1.807, 2.05) is 24.3 Å². The third-order valence-electron chi connectivity index (χ3n) is 4.11. The number of hydrogen-bond acceptors (Lipinski definition) is 6. The molecule has 0 unspecified atom stereocenters. The van der Waals surface area contributed by atoms with E-state index in [1.165, 1.54) is 11.1 Å². The largest absolute Gasteiger partial charge is 0.454 e. The van der Waals surface area contributed by atoms with Crippen LogP contribution in [0, 0.1) is 6.92 Å². The Labute approximate surface area is 162 Å². The topological polar surface area (TPSA) is 53.5 Å². The van der Waals surface area contributed by atoms with E-state index in [-0.39, 0.29) is 6.79 Å². The minimum absolute atomic E-state index is 0.242. The Bertz CT molecular complexity index is 962. The van der Waals surface area contributed by atoms with Gasteiger partial charge in [0.1, 0.15) is 5.75 Å². The fourth-order valence-electron chi connectivity index (χ4n) is 2.76. The van der Waals surface area contributed by atoms with Gasteiger partial charge in [0, 0.05) is 23.6 Å². The van der Waals surface area contributed by atoms with E-state index in [1.54, 1.807) is 11.8 Å². The second-order valence-electron chi connectivity index (χ2n) is 6.23. The van der Waals surface area contributed by atoms with Crippen LogP contribution in [-0.4, -0.2) is 16.8 Å². The number of hydrogen-bond donors (Lipinski definition) is 0. The minimum Gasteiger partial charge on any atom is -0.454 e. The molecule has 2 heterocycles. The standard InChI is InChI=1S/C21H20N2O3S/c1-3-16-10-20(26-17-7-8-18-19(11-17)25-13-24-18)23-21(22-16)27-12-15-6-4-5-14(2)9-15/h4-11H,3,12-13H2,1-2H3. The van der Waals surface area contributed by atoms with Crippen LogP contribution in [-0.2, 0) is 12.2 Å². The Morgan fingerprint density at radius 3 is 2.78 bits per heavy atom. The van der Waals surface area contributed by atoms with Crippen molar-refractivity contribution in [2.24, 2.45) is 0 Å². The lowest BCUT2D eigenvalue weighted by Crippen LogP contribution is -1.97. The van der Waals surface area contributed by atoms with Gasteiger partial charge in [0.15, 0.2) is 16.7 Å². The molecule has 0 N–H and O–H groups in total. The van der Waals surface area contributed by atoms with Crippen molar-refractivity contribution in [3.05, 3.63) is 65.4 Å². The summed E-state index contributed by atoms with van der Waals surface area (Å²) in [7, 11) is 0. The number of nitrogens with zero attached hydrogens (tertiary/aromatic N) is 2. The first-order valence-corrected chi connectivity index (χ1v) is 9.82. The summed E-state index contributed by atoms with van der Waals surface area (Å²) in [5.74, 6) is 3.43. The molecule has 0 amide bonds. The number of aromatic nitrogens is 2. The molecule has 3 aromatic rings. The molecule has 1 aromatic heterocycles. The monoisotopic (exact) mass is 380 g/mol. The van der Waals surface area contributed by atoms with E-state index in [4.69, 9.17) is 14.2 Å². The molecule has 0 saturated carbocycles. The van der Waals surface area contributed by atoms with Gasteiger partial charge in [0.2, 0.25) is 12.7 Å². The van der Waals surface area contributed by atoms with E-state index >= 15 is 0 Å². The normalized spacial score (nSPS) is 12.2. The minimum atomic E-state index is 0.242. The third-order valence-corrected chi connectivity index (χ3v) is 5.03. The first-order chi connectivity index (χ1) is 13.2. The van der Waals surface area contributed by atoms with Crippen molar-refractivity contribution in [2.45, 2.75) is 31.2 Å². The van der Waals surface area contributed by atoms with Gasteiger partial charge in [-0.15, -0.1) is 0 Å². The van der Waals surface area contributed by atoms with Crippen LogP contribution in [0.4, 0.5) is 0 Å². The Morgan fingerprint density at radius 1 is 1.04 bits per heavy atom. The van der Waals surface area contributed by atoms with E-state index in [0.717, 1.165) is 23.6 Å². The second-order valence-corrected chi connectivity index (χ2v) is 7.17. The molecule has 2 aromatic carbocycles. The van der Waals surface area contributed by atoms with Gasteiger partial charge in [-0.05, 0) is 31.0 Å². The first kappa shape index (κ1) is 17.7. The lowest BCUT2D eigenvalue weighted by Gasteiger charge is -2.09. The molecule has 6 heteroatoms. The number of thioether (sulfide) groups is 1. The molecule has 0 spiro atoms. The maximum atomic E-state index is 5.96. The zero-order valence-corrected chi connectivity index (χ0v) is 16.1. The summed E-state index contributed by atoms with van der Waals surface area (Å²) in [4.78, 5) is 9.18. The predicted molar refractivity (Wildman–Crippen MR) is 105 cm³/mol. The summed E-state index contributed by atoms with van der Waals surface area (Å²) in [5, 5.41) is 0.714. The van der Waals surface area contributed by atoms with Gasteiger partial charge in [0.25, 0.3) is 0 Å². The summed E-state index contributed by atoms with van der Waals surface area (Å²) in [6, 6.07) is 15.8. The molecular weight excluding hydrogens is 360 g/mol. The average Bonchev–Trinajstić information content (AvgIpc) is 3.14. The lowest BCUT2D eigenvalue weighted by atomic mass is 10.2. The number of fused-ring (bicyclic) bond motifs is 1. The van der Waals surface area contributed by atoms with Crippen LogP contribution in [0.3, 0.4) is 0 Å². The number of ether oxygens (including phenoxy) is 3. The Morgan fingerprint density at radius 2 is 1.93 bits per heavy atom. The van der Waals surface area contributed by atoms with Crippen LogP contribution >= 0.6 is 11.8 Å². The van der Waals surface area contributed by atoms with Gasteiger partial charge in [-0.25, -0.2) is 4.98 Å². The molecule has 0 radical (unpaired) electrons. The molecule has 1 aliphatic heterocycles. The zero-order valence-electron chi connectivity index (χ0n) is 15.3. The van der Waals surface area contributed by atoms with Crippen molar-refractivity contribution in [3.63, 3.8) is 0 Å². The van der Waals surface area contributed by atoms with E-state index in [0.29, 0.717) is 22.5 Å². The van der Waals surface area contributed by atoms with Crippen LogP contribution in [0.25, 0.3) is 0 Å². The molecule has 5 nitrogen and oxygen atoms in total. The predicted octanol–water partition coefficient (Wildman–Crippen LogP) is 5.16. The Hall–Kier alpha value is -2.73. The fourth-order valence-corrected chi connectivity index (χ4v) is 3.57. The molecule has 0 atom stereocenters. The number of rotatable bonds is 6. The first-order valence-electron chi connectivity index (χ1n) is 8.83. The van der Waals surface area contributed by atoms with Gasteiger partial charge in [0.05, 0.1) is 0 Å². The zero-order chi connectivity index (χ0) is 18.6. The maximum absolute atomic E-state index is 5.96. The summed E-state index contributed by atoms with van der Waals surface area (Å²) in [6.07, 6.45) is 0.817. The van der Waals surface area contributed by atoms with E-state index in [9.17, 15) is 0 Å². The molecular formula is C21H20N2O3S. The van der Waals surface area contributed by atoms with Crippen molar-refractivity contribution < 1.29 is 14.2 Å². The van der Waals surface area contributed by atoms with Crippen LogP contribution < -0.4 is 14.2 Å². The average molecular weight is 380 g/mol. The van der Waals surface area contributed by atoms with Gasteiger partial charge < -0.3 is 14.2 Å². The van der Waals surface area contributed by atoms with Gasteiger partial charge in [-0.1, -0.05) is 48.5 Å². The van der Waals surface area contributed by atoms with Crippen molar-refractivity contribution >= 4 is 11.8 Å². The SMILES string of the molecule is CCc1cc(Oc2ccc3c(c2)OCO3)nc(SCc2cccc(C)c2)n1. The van der Waals surface area contributed by atoms with Gasteiger partial charge in [-0.2, -0.15) is 4.98 Å². The summed E-state index contributed by atoms with van der Waals surface area (Å²) >= 11 is 1.61. The second kappa shape index (κ2) is 7.88. The molecule has 0 bridgehead atoms. The van der Waals surface area contributed by atoms with Crippen LogP contribution in [0.15, 0.2) is 53.7 Å². The van der Waals surface area contributed by atoms with Crippen molar-refractivity contribution in [1.82, 2.24) is 9.97 Å². The highest BCUT2D eigenvalue weighted by molar-refractivity contribution is 7.98. The summed E-state index contributed by atoms with van der Waals surface area (Å²) in [6.45, 7) is 4.41. The Balaban J connectivity index is 1.51.